The molecule has 17 heavy (non-hydrogen) atoms. The maximum atomic E-state index is 5.81. The predicted molar refractivity (Wildman–Crippen MR) is 71.2 cm³/mol. The number of aromatic nitrogens is 2. The fourth-order valence-corrected chi connectivity index (χ4v) is 1.77. The van der Waals surface area contributed by atoms with Crippen LogP contribution in [0.3, 0.4) is 0 Å². The van der Waals surface area contributed by atoms with Crippen LogP contribution in [0.1, 0.15) is 11.3 Å². The Bertz CT molecular complexity index is 477. The number of anilines is 2. The largest absolute Gasteiger partial charge is 0.378 e. The lowest BCUT2D eigenvalue weighted by atomic mass is 10.2. The van der Waals surface area contributed by atoms with E-state index in [9.17, 15) is 0 Å². The van der Waals surface area contributed by atoms with Crippen molar-refractivity contribution in [3.8, 4) is 0 Å². The number of rotatable bonds is 3. The molecular weight excluding hydrogens is 212 g/mol. The van der Waals surface area contributed by atoms with Crippen LogP contribution < -0.4 is 10.6 Å². The molecule has 0 aliphatic carbocycles. The molecule has 2 aromatic rings. The van der Waals surface area contributed by atoms with Crippen LogP contribution in [0.25, 0.3) is 0 Å². The first-order valence-electron chi connectivity index (χ1n) is 5.62. The van der Waals surface area contributed by atoms with Gasteiger partial charge in [-0.25, -0.2) is 4.98 Å². The predicted octanol–water partition coefficient (Wildman–Crippen LogP) is 1.89. The summed E-state index contributed by atoms with van der Waals surface area (Å²) in [7, 11) is 4.07. The van der Waals surface area contributed by atoms with Crippen LogP contribution in [-0.2, 0) is 6.54 Å². The number of hydrogen-bond acceptors (Lipinski definition) is 3. The molecule has 0 saturated heterocycles. The standard InChI is InChI=1S/C13H18N4/c1-10-8-15-13(14)17(10)9-11-4-6-12(7-5-11)16(2)3/h4-8H,9H2,1-3H3,(H2,14,15). The first kappa shape index (κ1) is 11.5. The molecule has 4 nitrogen and oxygen atoms in total. The Morgan fingerprint density at radius 2 is 1.88 bits per heavy atom. The van der Waals surface area contributed by atoms with Gasteiger partial charge in [-0.15, -0.1) is 0 Å². The van der Waals surface area contributed by atoms with Crippen molar-refractivity contribution in [3.63, 3.8) is 0 Å². The first-order valence-corrected chi connectivity index (χ1v) is 5.62. The Labute approximate surface area is 102 Å². The molecule has 0 aliphatic rings. The second-order valence-corrected chi connectivity index (χ2v) is 4.40. The van der Waals surface area contributed by atoms with Crippen molar-refractivity contribution in [2.45, 2.75) is 13.5 Å². The van der Waals surface area contributed by atoms with Gasteiger partial charge >= 0.3 is 0 Å². The molecule has 0 bridgehead atoms. The summed E-state index contributed by atoms with van der Waals surface area (Å²) < 4.78 is 2.00. The van der Waals surface area contributed by atoms with Gasteiger partial charge in [0.25, 0.3) is 0 Å². The molecule has 0 amide bonds. The highest BCUT2D eigenvalue weighted by Gasteiger charge is 2.04. The van der Waals surface area contributed by atoms with Crippen LogP contribution in [0.15, 0.2) is 30.5 Å². The Hall–Kier alpha value is -1.97. The Kier molecular flexibility index (Phi) is 3.04. The van der Waals surface area contributed by atoms with Crippen LogP contribution in [0.2, 0.25) is 0 Å². The van der Waals surface area contributed by atoms with Gasteiger partial charge in [0.1, 0.15) is 0 Å². The molecule has 0 saturated carbocycles. The van der Waals surface area contributed by atoms with Crippen LogP contribution >= 0.6 is 0 Å². The third-order valence-corrected chi connectivity index (χ3v) is 2.88. The van der Waals surface area contributed by atoms with E-state index in [0.29, 0.717) is 5.95 Å². The average molecular weight is 230 g/mol. The van der Waals surface area contributed by atoms with Crippen molar-refractivity contribution in [1.82, 2.24) is 9.55 Å². The van der Waals surface area contributed by atoms with E-state index in [2.05, 4.69) is 34.1 Å². The molecule has 2 N–H and O–H groups in total. The molecule has 0 spiro atoms. The number of aryl methyl sites for hydroxylation is 1. The van der Waals surface area contributed by atoms with Gasteiger partial charge in [0.15, 0.2) is 0 Å². The van der Waals surface area contributed by atoms with Gasteiger partial charge in [-0.2, -0.15) is 0 Å². The van der Waals surface area contributed by atoms with Crippen molar-refractivity contribution < 1.29 is 0 Å². The third kappa shape index (κ3) is 2.41. The number of hydrogen-bond donors (Lipinski definition) is 1. The van der Waals surface area contributed by atoms with Gasteiger partial charge in [-0.05, 0) is 24.6 Å². The van der Waals surface area contributed by atoms with Crippen LogP contribution in [0.5, 0.6) is 0 Å². The summed E-state index contributed by atoms with van der Waals surface area (Å²) in [6.45, 7) is 2.78. The van der Waals surface area contributed by atoms with E-state index in [0.717, 1.165) is 12.2 Å². The zero-order chi connectivity index (χ0) is 12.4. The molecule has 4 heteroatoms. The zero-order valence-electron chi connectivity index (χ0n) is 10.5. The van der Waals surface area contributed by atoms with E-state index < -0.39 is 0 Å². The van der Waals surface area contributed by atoms with Gasteiger partial charge in [0, 0.05) is 25.5 Å². The van der Waals surface area contributed by atoms with Gasteiger partial charge in [0.2, 0.25) is 5.95 Å². The molecule has 90 valence electrons. The minimum absolute atomic E-state index is 0.569. The van der Waals surface area contributed by atoms with Crippen molar-refractivity contribution in [3.05, 3.63) is 41.7 Å². The Morgan fingerprint density at radius 1 is 1.24 bits per heavy atom. The summed E-state index contributed by atoms with van der Waals surface area (Å²) in [6, 6.07) is 8.46. The topological polar surface area (TPSA) is 47.1 Å². The van der Waals surface area contributed by atoms with Gasteiger partial charge < -0.3 is 15.2 Å². The highest BCUT2D eigenvalue weighted by molar-refractivity contribution is 5.46. The molecular formula is C13H18N4. The summed E-state index contributed by atoms with van der Waals surface area (Å²) in [5.74, 6) is 0.569. The summed E-state index contributed by atoms with van der Waals surface area (Å²) in [6.07, 6.45) is 1.80. The summed E-state index contributed by atoms with van der Waals surface area (Å²) in [4.78, 5) is 6.17. The number of nitrogens with zero attached hydrogens (tertiary/aromatic N) is 3. The molecule has 1 heterocycles. The maximum absolute atomic E-state index is 5.81. The third-order valence-electron chi connectivity index (χ3n) is 2.88. The van der Waals surface area contributed by atoms with Crippen LogP contribution in [0.4, 0.5) is 11.6 Å². The minimum atomic E-state index is 0.569. The highest BCUT2D eigenvalue weighted by atomic mass is 15.1. The summed E-state index contributed by atoms with van der Waals surface area (Å²) >= 11 is 0. The van der Waals surface area contributed by atoms with Crippen LogP contribution in [-0.4, -0.2) is 23.6 Å². The van der Waals surface area contributed by atoms with Crippen molar-refractivity contribution in [2.75, 3.05) is 24.7 Å². The fourth-order valence-electron chi connectivity index (χ4n) is 1.77. The lowest BCUT2D eigenvalue weighted by Crippen LogP contribution is -2.09. The van der Waals surface area contributed by atoms with E-state index in [1.807, 2.05) is 25.6 Å². The molecule has 0 radical (unpaired) electrons. The quantitative estimate of drug-likeness (QED) is 0.876. The molecule has 0 fully saturated rings. The fraction of sp³-hybridized carbons (Fsp3) is 0.308. The lowest BCUT2D eigenvalue weighted by molar-refractivity contribution is 0.783. The van der Waals surface area contributed by atoms with Crippen LogP contribution in [0, 0.1) is 6.92 Å². The first-order chi connectivity index (χ1) is 8.08. The number of imidazole rings is 1. The number of nitrogen functional groups attached to an aromatic ring is 1. The molecule has 0 unspecified atom stereocenters. The average Bonchev–Trinajstić information content (AvgIpc) is 2.61. The van der Waals surface area contributed by atoms with Gasteiger partial charge in [-0.3, -0.25) is 0 Å². The monoisotopic (exact) mass is 230 g/mol. The smallest absolute Gasteiger partial charge is 0.200 e. The van der Waals surface area contributed by atoms with Gasteiger partial charge in [0.05, 0.1) is 12.7 Å². The zero-order valence-corrected chi connectivity index (χ0v) is 10.5. The highest BCUT2D eigenvalue weighted by Crippen LogP contribution is 2.15. The molecule has 1 aromatic carbocycles. The van der Waals surface area contributed by atoms with E-state index >= 15 is 0 Å². The van der Waals surface area contributed by atoms with E-state index in [1.54, 1.807) is 6.20 Å². The molecule has 0 aliphatic heterocycles. The molecule has 0 atom stereocenters. The second kappa shape index (κ2) is 4.49. The Balaban J connectivity index is 2.19. The number of benzene rings is 1. The second-order valence-electron chi connectivity index (χ2n) is 4.40. The SMILES string of the molecule is Cc1cnc(N)n1Cc1ccc(N(C)C)cc1. The normalized spacial score (nSPS) is 10.5. The maximum Gasteiger partial charge on any atom is 0.200 e. The minimum Gasteiger partial charge on any atom is -0.378 e. The lowest BCUT2D eigenvalue weighted by Gasteiger charge is -2.13. The molecule has 1 aromatic heterocycles. The van der Waals surface area contributed by atoms with E-state index in [4.69, 9.17) is 5.73 Å². The van der Waals surface area contributed by atoms with E-state index in [-0.39, 0.29) is 0 Å². The number of nitrogens with two attached hydrogens (primary N) is 1. The van der Waals surface area contributed by atoms with Crippen molar-refractivity contribution in [2.24, 2.45) is 0 Å². The van der Waals surface area contributed by atoms with E-state index in [1.165, 1.54) is 11.3 Å². The van der Waals surface area contributed by atoms with Gasteiger partial charge in [-0.1, -0.05) is 12.1 Å². The summed E-state index contributed by atoms with van der Waals surface area (Å²) in [5.41, 5.74) is 9.32. The Morgan fingerprint density at radius 3 is 2.35 bits per heavy atom. The van der Waals surface area contributed by atoms with Crippen molar-refractivity contribution >= 4 is 11.6 Å². The molecule has 2 rings (SSSR count). The summed E-state index contributed by atoms with van der Waals surface area (Å²) in [5, 5.41) is 0. The van der Waals surface area contributed by atoms with Crippen molar-refractivity contribution in [1.29, 1.82) is 0 Å².